The quantitative estimate of drug-likeness (QED) is 0.673. The molecule has 1 aromatic carbocycles. The molecule has 4 nitrogen and oxygen atoms in total. The molecule has 1 aliphatic carbocycles. The molecule has 0 saturated heterocycles. The summed E-state index contributed by atoms with van der Waals surface area (Å²) in [6.07, 6.45) is 3.70. The first kappa shape index (κ1) is 16.4. The van der Waals surface area contributed by atoms with E-state index in [1.54, 1.807) is 14.2 Å². The van der Waals surface area contributed by atoms with Crippen LogP contribution < -0.4 is 14.8 Å². The van der Waals surface area contributed by atoms with E-state index in [1.807, 2.05) is 12.1 Å². The molecule has 1 aliphatic rings. The second-order valence-corrected chi connectivity index (χ2v) is 5.70. The predicted octanol–water partition coefficient (Wildman–Crippen LogP) is 3.26. The van der Waals surface area contributed by atoms with Crippen LogP contribution in [-0.2, 0) is 11.3 Å². The summed E-state index contributed by atoms with van der Waals surface area (Å²) in [5.41, 5.74) is 1.01. The third kappa shape index (κ3) is 5.06. The molecule has 21 heavy (non-hydrogen) atoms. The lowest BCUT2D eigenvalue weighted by Gasteiger charge is -2.13. The van der Waals surface area contributed by atoms with Gasteiger partial charge in [0.2, 0.25) is 0 Å². The molecule has 1 N–H and O–H groups in total. The van der Waals surface area contributed by atoms with Crippen molar-refractivity contribution >= 4 is 11.6 Å². The van der Waals surface area contributed by atoms with Crippen molar-refractivity contribution in [2.45, 2.75) is 25.8 Å². The van der Waals surface area contributed by atoms with Gasteiger partial charge < -0.3 is 19.5 Å². The Kier molecular flexibility index (Phi) is 6.61. The van der Waals surface area contributed by atoms with E-state index in [1.165, 1.54) is 12.8 Å². The summed E-state index contributed by atoms with van der Waals surface area (Å²) in [6.45, 7) is 3.38. The summed E-state index contributed by atoms with van der Waals surface area (Å²) >= 11 is 6.33. The maximum atomic E-state index is 6.33. The Labute approximate surface area is 131 Å². The van der Waals surface area contributed by atoms with Gasteiger partial charge in [-0.15, -0.1) is 0 Å². The number of benzene rings is 1. The van der Waals surface area contributed by atoms with Crippen LogP contribution in [-0.4, -0.2) is 34.0 Å². The fourth-order valence-electron chi connectivity index (χ4n) is 2.12. The fourth-order valence-corrected chi connectivity index (χ4v) is 2.42. The van der Waals surface area contributed by atoms with Crippen LogP contribution in [0.15, 0.2) is 12.1 Å². The molecule has 0 heterocycles. The lowest BCUT2D eigenvalue weighted by Crippen LogP contribution is -2.17. The van der Waals surface area contributed by atoms with Crippen molar-refractivity contribution in [3.63, 3.8) is 0 Å². The Balaban J connectivity index is 1.69. The van der Waals surface area contributed by atoms with Crippen LogP contribution in [0.25, 0.3) is 0 Å². The first-order valence-electron chi connectivity index (χ1n) is 7.44. The van der Waals surface area contributed by atoms with Crippen LogP contribution in [0.1, 0.15) is 24.8 Å². The molecule has 1 saturated carbocycles. The number of nitrogens with one attached hydrogen (secondary N) is 1. The first-order valence-corrected chi connectivity index (χ1v) is 7.82. The van der Waals surface area contributed by atoms with Crippen LogP contribution in [0.5, 0.6) is 11.5 Å². The zero-order valence-corrected chi connectivity index (χ0v) is 13.5. The molecular weight excluding hydrogens is 290 g/mol. The molecule has 0 atom stereocenters. The standard InChI is InChI=1S/C16H24ClNO3/c1-19-14-7-6-13(15(17)16(14)20-2)10-18-8-3-9-21-11-12-4-5-12/h6-7,12,18H,3-5,8-11H2,1-2H3. The lowest BCUT2D eigenvalue weighted by molar-refractivity contribution is 0.122. The number of methoxy groups -OCH3 is 2. The molecule has 0 aliphatic heterocycles. The Morgan fingerprint density at radius 3 is 2.71 bits per heavy atom. The minimum Gasteiger partial charge on any atom is -0.493 e. The van der Waals surface area contributed by atoms with E-state index in [-0.39, 0.29) is 0 Å². The highest BCUT2D eigenvalue weighted by molar-refractivity contribution is 6.33. The van der Waals surface area contributed by atoms with Gasteiger partial charge in [-0.3, -0.25) is 0 Å². The SMILES string of the molecule is COc1ccc(CNCCCOCC2CC2)c(Cl)c1OC. The van der Waals surface area contributed by atoms with Gasteiger partial charge >= 0.3 is 0 Å². The van der Waals surface area contributed by atoms with Crippen LogP contribution >= 0.6 is 11.6 Å². The summed E-state index contributed by atoms with van der Waals surface area (Å²) in [7, 11) is 3.20. The van der Waals surface area contributed by atoms with E-state index in [0.29, 0.717) is 23.1 Å². The molecule has 118 valence electrons. The Morgan fingerprint density at radius 1 is 1.24 bits per heavy atom. The van der Waals surface area contributed by atoms with Crippen LogP contribution in [0.4, 0.5) is 0 Å². The highest BCUT2D eigenvalue weighted by Gasteiger charge is 2.20. The second-order valence-electron chi connectivity index (χ2n) is 5.32. The molecule has 0 spiro atoms. The molecular formula is C16H24ClNO3. The number of ether oxygens (including phenoxy) is 3. The van der Waals surface area contributed by atoms with Crippen molar-refractivity contribution < 1.29 is 14.2 Å². The summed E-state index contributed by atoms with van der Waals surface area (Å²) in [4.78, 5) is 0. The van der Waals surface area contributed by atoms with Gasteiger partial charge in [0.15, 0.2) is 11.5 Å². The number of halogens is 1. The van der Waals surface area contributed by atoms with Gasteiger partial charge in [-0.05, 0) is 43.4 Å². The van der Waals surface area contributed by atoms with Gasteiger partial charge in [0.25, 0.3) is 0 Å². The van der Waals surface area contributed by atoms with Gasteiger partial charge in [-0.2, -0.15) is 0 Å². The second kappa shape index (κ2) is 8.47. The van der Waals surface area contributed by atoms with E-state index < -0.39 is 0 Å². The van der Waals surface area contributed by atoms with Crippen molar-refractivity contribution in [3.05, 3.63) is 22.7 Å². The fraction of sp³-hybridized carbons (Fsp3) is 0.625. The highest BCUT2D eigenvalue weighted by Crippen LogP contribution is 2.37. The van der Waals surface area contributed by atoms with Crippen LogP contribution in [0, 0.1) is 5.92 Å². The summed E-state index contributed by atoms with van der Waals surface area (Å²) in [5.74, 6) is 2.08. The van der Waals surface area contributed by atoms with Crippen LogP contribution in [0.2, 0.25) is 5.02 Å². The topological polar surface area (TPSA) is 39.7 Å². The molecule has 0 aromatic heterocycles. The van der Waals surface area contributed by atoms with Gasteiger partial charge in [0, 0.05) is 19.8 Å². The monoisotopic (exact) mass is 313 g/mol. The number of hydrogen-bond donors (Lipinski definition) is 1. The normalized spacial score (nSPS) is 14.2. The van der Waals surface area contributed by atoms with E-state index in [0.717, 1.165) is 37.7 Å². The molecule has 0 bridgehead atoms. The summed E-state index contributed by atoms with van der Waals surface area (Å²) in [6, 6.07) is 3.83. The highest BCUT2D eigenvalue weighted by atomic mass is 35.5. The van der Waals surface area contributed by atoms with E-state index in [4.69, 9.17) is 25.8 Å². The smallest absolute Gasteiger partial charge is 0.179 e. The first-order chi connectivity index (χ1) is 10.3. The maximum absolute atomic E-state index is 6.33. The molecule has 0 amide bonds. The van der Waals surface area contributed by atoms with Gasteiger partial charge in [-0.1, -0.05) is 17.7 Å². The minimum absolute atomic E-state index is 0.589. The molecule has 5 heteroatoms. The van der Waals surface area contributed by atoms with E-state index >= 15 is 0 Å². The number of hydrogen-bond acceptors (Lipinski definition) is 4. The van der Waals surface area contributed by atoms with E-state index in [2.05, 4.69) is 5.32 Å². The van der Waals surface area contributed by atoms with Crippen molar-refractivity contribution in [2.75, 3.05) is 34.0 Å². The molecule has 2 rings (SSSR count). The zero-order chi connectivity index (χ0) is 15.1. The van der Waals surface area contributed by atoms with E-state index in [9.17, 15) is 0 Å². The van der Waals surface area contributed by atoms with Gasteiger partial charge in [-0.25, -0.2) is 0 Å². The van der Waals surface area contributed by atoms with Gasteiger partial charge in [0.05, 0.1) is 19.2 Å². The van der Waals surface area contributed by atoms with Crippen molar-refractivity contribution in [3.8, 4) is 11.5 Å². The molecule has 0 unspecified atom stereocenters. The zero-order valence-electron chi connectivity index (χ0n) is 12.8. The summed E-state index contributed by atoms with van der Waals surface area (Å²) in [5, 5.41) is 3.98. The Bertz CT molecular complexity index is 449. The molecule has 0 radical (unpaired) electrons. The number of rotatable bonds is 10. The molecule has 1 aromatic rings. The van der Waals surface area contributed by atoms with Crippen LogP contribution in [0.3, 0.4) is 0 Å². The lowest BCUT2D eigenvalue weighted by atomic mass is 10.2. The minimum atomic E-state index is 0.589. The summed E-state index contributed by atoms with van der Waals surface area (Å²) < 4.78 is 16.1. The van der Waals surface area contributed by atoms with Crippen molar-refractivity contribution in [1.82, 2.24) is 5.32 Å². The largest absolute Gasteiger partial charge is 0.493 e. The van der Waals surface area contributed by atoms with Gasteiger partial charge in [0.1, 0.15) is 0 Å². The average Bonchev–Trinajstić information content (AvgIpc) is 3.31. The third-order valence-electron chi connectivity index (χ3n) is 3.57. The van der Waals surface area contributed by atoms with Crippen molar-refractivity contribution in [1.29, 1.82) is 0 Å². The molecule has 1 fully saturated rings. The average molecular weight is 314 g/mol. The maximum Gasteiger partial charge on any atom is 0.179 e. The Morgan fingerprint density at radius 2 is 2.05 bits per heavy atom. The van der Waals surface area contributed by atoms with Crippen molar-refractivity contribution in [2.24, 2.45) is 5.92 Å². The Hall–Kier alpha value is -0.970. The predicted molar refractivity (Wildman–Crippen MR) is 84.4 cm³/mol. The third-order valence-corrected chi connectivity index (χ3v) is 3.99.